The molecule has 114 valence electrons. The maximum atomic E-state index is 3.60. The van der Waals surface area contributed by atoms with Crippen LogP contribution in [0.3, 0.4) is 0 Å². The second-order valence-electron chi connectivity index (χ2n) is 5.36. The lowest BCUT2D eigenvalue weighted by molar-refractivity contribution is 0.566. The molecule has 2 unspecified atom stereocenters. The largest absolute Gasteiger partial charge is 0.371 e. The Hall–Kier alpha value is -0.670. The molecular formula is C17H30N2S. The SMILES string of the molecule is CCCNC(C)c1ccccc1N(C)C(CC)CSC. The predicted octanol–water partition coefficient (Wildman–Crippen LogP) is 4.33. The van der Waals surface area contributed by atoms with Crippen LogP contribution in [0, 0.1) is 0 Å². The van der Waals surface area contributed by atoms with Gasteiger partial charge in [0.2, 0.25) is 0 Å². The first-order valence-electron chi connectivity index (χ1n) is 7.69. The smallest absolute Gasteiger partial charge is 0.0414 e. The molecule has 0 aliphatic heterocycles. The highest BCUT2D eigenvalue weighted by Crippen LogP contribution is 2.28. The van der Waals surface area contributed by atoms with E-state index in [1.54, 1.807) is 0 Å². The number of thioether (sulfide) groups is 1. The Balaban J connectivity index is 2.93. The van der Waals surface area contributed by atoms with Gasteiger partial charge in [-0.3, -0.25) is 0 Å². The van der Waals surface area contributed by atoms with Gasteiger partial charge in [-0.25, -0.2) is 0 Å². The van der Waals surface area contributed by atoms with E-state index in [0.717, 1.165) is 6.54 Å². The first-order chi connectivity index (χ1) is 9.65. The zero-order chi connectivity index (χ0) is 15.0. The highest BCUT2D eigenvalue weighted by atomic mass is 32.2. The summed E-state index contributed by atoms with van der Waals surface area (Å²) in [5.41, 5.74) is 2.77. The third-order valence-corrected chi connectivity index (χ3v) is 4.58. The minimum absolute atomic E-state index is 0.403. The van der Waals surface area contributed by atoms with Crippen LogP contribution in [0.1, 0.15) is 45.2 Å². The van der Waals surface area contributed by atoms with Gasteiger partial charge in [-0.1, -0.05) is 32.0 Å². The normalized spacial score (nSPS) is 14.1. The summed E-state index contributed by atoms with van der Waals surface area (Å²) in [6.07, 6.45) is 4.54. The molecule has 2 nitrogen and oxygen atoms in total. The van der Waals surface area contributed by atoms with Crippen molar-refractivity contribution in [2.45, 2.75) is 45.7 Å². The van der Waals surface area contributed by atoms with Gasteiger partial charge in [-0.15, -0.1) is 0 Å². The molecule has 0 aliphatic carbocycles. The van der Waals surface area contributed by atoms with Gasteiger partial charge in [0.15, 0.2) is 0 Å². The minimum atomic E-state index is 0.403. The quantitative estimate of drug-likeness (QED) is 0.730. The van der Waals surface area contributed by atoms with Gasteiger partial charge in [0.1, 0.15) is 0 Å². The molecule has 1 rings (SSSR count). The summed E-state index contributed by atoms with van der Waals surface area (Å²) in [6, 6.07) is 9.80. The summed E-state index contributed by atoms with van der Waals surface area (Å²) in [4.78, 5) is 2.45. The first kappa shape index (κ1) is 17.4. The van der Waals surface area contributed by atoms with Gasteiger partial charge < -0.3 is 10.2 Å². The van der Waals surface area contributed by atoms with Crippen LogP contribution >= 0.6 is 11.8 Å². The fourth-order valence-corrected chi connectivity index (χ4v) is 3.38. The standard InChI is InChI=1S/C17H30N2S/c1-6-12-18-14(3)16-10-8-9-11-17(16)19(4)15(7-2)13-20-5/h8-11,14-15,18H,6-7,12-13H2,1-5H3. The van der Waals surface area contributed by atoms with Gasteiger partial charge in [-0.2, -0.15) is 11.8 Å². The van der Waals surface area contributed by atoms with Crippen molar-refractivity contribution >= 4 is 17.4 Å². The van der Waals surface area contributed by atoms with Crippen LogP contribution in [-0.4, -0.2) is 31.6 Å². The summed E-state index contributed by atoms with van der Waals surface area (Å²) in [7, 11) is 2.23. The van der Waals surface area contributed by atoms with Crippen LogP contribution in [0.25, 0.3) is 0 Å². The Morgan fingerprint density at radius 2 is 1.95 bits per heavy atom. The number of rotatable bonds is 9. The average molecular weight is 295 g/mol. The van der Waals surface area contributed by atoms with E-state index >= 15 is 0 Å². The van der Waals surface area contributed by atoms with Crippen LogP contribution in [0.15, 0.2) is 24.3 Å². The Bertz CT molecular complexity index is 381. The highest BCUT2D eigenvalue weighted by molar-refractivity contribution is 7.98. The van der Waals surface area contributed by atoms with Gasteiger partial charge in [0, 0.05) is 30.6 Å². The van der Waals surface area contributed by atoms with E-state index in [0.29, 0.717) is 12.1 Å². The first-order valence-corrected chi connectivity index (χ1v) is 9.09. The van der Waals surface area contributed by atoms with E-state index in [4.69, 9.17) is 0 Å². The van der Waals surface area contributed by atoms with E-state index in [9.17, 15) is 0 Å². The van der Waals surface area contributed by atoms with Crippen LogP contribution < -0.4 is 10.2 Å². The van der Waals surface area contributed by atoms with Crippen LogP contribution in [0.4, 0.5) is 5.69 Å². The molecule has 20 heavy (non-hydrogen) atoms. The second-order valence-corrected chi connectivity index (χ2v) is 6.27. The fourth-order valence-electron chi connectivity index (χ4n) is 2.54. The van der Waals surface area contributed by atoms with E-state index in [-0.39, 0.29) is 0 Å². The summed E-state index contributed by atoms with van der Waals surface area (Å²) in [6.45, 7) is 7.82. The van der Waals surface area contributed by atoms with E-state index in [2.05, 4.69) is 68.6 Å². The summed E-state index contributed by atoms with van der Waals surface area (Å²) >= 11 is 1.93. The van der Waals surface area contributed by atoms with Crippen molar-refractivity contribution < 1.29 is 0 Å². The molecule has 0 heterocycles. The fraction of sp³-hybridized carbons (Fsp3) is 0.647. The molecule has 1 aromatic rings. The number of nitrogens with one attached hydrogen (secondary N) is 1. The van der Waals surface area contributed by atoms with Crippen molar-refractivity contribution in [2.75, 3.05) is 30.5 Å². The third-order valence-electron chi connectivity index (χ3n) is 3.86. The molecule has 0 aliphatic rings. The summed E-state index contributed by atoms with van der Waals surface area (Å²) in [5, 5.41) is 3.60. The van der Waals surface area contributed by atoms with Crippen molar-refractivity contribution in [2.24, 2.45) is 0 Å². The monoisotopic (exact) mass is 294 g/mol. The number of benzene rings is 1. The number of hydrogen-bond donors (Lipinski definition) is 1. The zero-order valence-electron chi connectivity index (χ0n) is 13.6. The number of nitrogens with zero attached hydrogens (tertiary/aromatic N) is 1. The van der Waals surface area contributed by atoms with E-state index in [1.165, 1.54) is 29.8 Å². The lowest BCUT2D eigenvalue weighted by Crippen LogP contribution is -2.34. The maximum absolute atomic E-state index is 3.60. The Morgan fingerprint density at radius 1 is 1.25 bits per heavy atom. The Kier molecular flexibility index (Phi) is 8.08. The molecule has 3 heteroatoms. The molecule has 2 atom stereocenters. The predicted molar refractivity (Wildman–Crippen MR) is 94.0 cm³/mol. The minimum Gasteiger partial charge on any atom is -0.371 e. The molecule has 0 saturated heterocycles. The molecule has 0 spiro atoms. The molecule has 0 radical (unpaired) electrons. The average Bonchev–Trinajstić information content (AvgIpc) is 2.49. The molecule has 0 fully saturated rings. The van der Waals surface area contributed by atoms with Gasteiger partial charge in [0.05, 0.1) is 0 Å². The molecule has 0 bridgehead atoms. The van der Waals surface area contributed by atoms with E-state index < -0.39 is 0 Å². The Labute approximate surface area is 129 Å². The zero-order valence-corrected chi connectivity index (χ0v) is 14.5. The molecular weight excluding hydrogens is 264 g/mol. The molecule has 0 saturated carbocycles. The van der Waals surface area contributed by atoms with Gasteiger partial charge >= 0.3 is 0 Å². The number of para-hydroxylation sites is 1. The van der Waals surface area contributed by atoms with Crippen LogP contribution in [-0.2, 0) is 0 Å². The highest BCUT2D eigenvalue weighted by Gasteiger charge is 2.17. The topological polar surface area (TPSA) is 15.3 Å². The molecule has 0 aromatic heterocycles. The van der Waals surface area contributed by atoms with Gasteiger partial charge in [-0.05, 0) is 44.2 Å². The maximum Gasteiger partial charge on any atom is 0.0414 e. The van der Waals surface area contributed by atoms with Crippen molar-refractivity contribution in [1.82, 2.24) is 5.32 Å². The van der Waals surface area contributed by atoms with Gasteiger partial charge in [0.25, 0.3) is 0 Å². The molecule has 0 amide bonds. The lowest BCUT2D eigenvalue weighted by atomic mass is 10.0. The number of hydrogen-bond acceptors (Lipinski definition) is 3. The molecule has 1 aromatic carbocycles. The van der Waals surface area contributed by atoms with Crippen molar-refractivity contribution in [3.63, 3.8) is 0 Å². The van der Waals surface area contributed by atoms with Crippen molar-refractivity contribution in [1.29, 1.82) is 0 Å². The van der Waals surface area contributed by atoms with Crippen molar-refractivity contribution in [3.05, 3.63) is 29.8 Å². The molecule has 1 N–H and O–H groups in total. The second kappa shape index (κ2) is 9.30. The summed E-state index contributed by atoms with van der Waals surface area (Å²) < 4.78 is 0. The summed E-state index contributed by atoms with van der Waals surface area (Å²) in [5.74, 6) is 1.18. The van der Waals surface area contributed by atoms with E-state index in [1.807, 2.05) is 11.8 Å². The van der Waals surface area contributed by atoms with Crippen molar-refractivity contribution in [3.8, 4) is 0 Å². The van der Waals surface area contributed by atoms with Crippen LogP contribution in [0.5, 0.6) is 0 Å². The Morgan fingerprint density at radius 3 is 2.55 bits per heavy atom. The number of anilines is 1. The third kappa shape index (κ3) is 4.71. The lowest BCUT2D eigenvalue weighted by Gasteiger charge is -2.32. The van der Waals surface area contributed by atoms with Crippen LogP contribution in [0.2, 0.25) is 0 Å².